The van der Waals surface area contributed by atoms with E-state index < -0.39 is 5.82 Å². The van der Waals surface area contributed by atoms with Gasteiger partial charge < -0.3 is 15.4 Å². The third kappa shape index (κ3) is 4.30. The summed E-state index contributed by atoms with van der Waals surface area (Å²) in [6.07, 6.45) is 5.64. The fraction of sp³-hybridized carbons (Fsp3) is 0.400. The molecule has 2 N–H and O–H groups in total. The maximum absolute atomic E-state index is 14.7. The zero-order valence-electron chi connectivity index (χ0n) is 19.7. The van der Waals surface area contributed by atoms with Crippen molar-refractivity contribution in [1.82, 2.24) is 30.0 Å². The van der Waals surface area contributed by atoms with Crippen LogP contribution in [0.5, 0.6) is 0 Å². The number of benzene rings is 1. The molecular formula is C25H25BrFN7O2. The van der Waals surface area contributed by atoms with Gasteiger partial charge in [-0.3, -0.25) is 9.78 Å². The minimum absolute atomic E-state index is 0.0373. The molecule has 186 valence electrons. The molecule has 2 atom stereocenters. The van der Waals surface area contributed by atoms with Gasteiger partial charge in [0.25, 0.3) is 0 Å². The van der Waals surface area contributed by atoms with E-state index in [9.17, 15) is 9.18 Å². The quantitative estimate of drug-likeness (QED) is 0.371. The van der Waals surface area contributed by atoms with Crippen molar-refractivity contribution in [3.63, 3.8) is 0 Å². The molecule has 0 unspecified atom stereocenters. The number of rotatable bonds is 6. The van der Waals surface area contributed by atoms with Crippen molar-refractivity contribution < 1.29 is 13.9 Å². The van der Waals surface area contributed by atoms with Gasteiger partial charge in [0.1, 0.15) is 10.1 Å². The van der Waals surface area contributed by atoms with E-state index in [1.165, 1.54) is 6.07 Å². The SMILES string of the molecule is CC1(CNC(=O)[C@@H]2CC[C@@H](Nc3ncc4c(Br)nn(-c5cc(F)c6ncccc6c5)c4n3)C2)COC1. The number of ether oxygens (including phenoxy) is 1. The third-order valence-corrected chi connectivity index (χ3v) is 7.58. The molecule has 1 aliphatic carbocycles. The smallest absolute Gasteiger partial charge is 0.224 e. The molecule has 36 heavy (non-hydrogen) atoms. The largest absolute Gasteiger partial charge is 0.380 e. The van der Waals surface area contributed by atoms with Crippen molar-refractivity contribution in [1.29, 1.82) is 0 Å². The van der Waals surface area contributed by atoms with E-state index in [2.05, 4.69) is 48.6 Å². The predicted molar refractivity (Wildman–Crippen MR) is 136 cm³/mol. The van der Waals surface area contributed by atoms with E-state index in [0.717, 1.165) is 12.8 Å². The normalized spacial score (nSPS) is 21.0. The second kappa shape index (κ2) is 9.04. The molecule has 11 heteroatoms. The lowest BCUT2D eigenvalue weighted by Gasteiger charge is -2.38. The molecule has 4 heterocycles. The molecule has 4 aromatic rings. The van der Waals surface area contributed by atoms with Crippen molar-refractivity contribution in [3.8, 4) is 5.69 Å². The minimum Gasteiger partial charge on any atom is -0.380 e. The van der Waals surface area contributed by atoms with Gasteiger partial charge in [0.05, 0.1) is 24.3 Å². The maximum Gasteiger partial charge on any atom is 0.224 e. The van der Waals surface area contributed by atoms with Crippen LogP contribution in [0.15, 0.2) is 41.3 Å². The number of nitrogens with one attached hydrogen (secondary N) is 2. The van der Waals surface area contributed by atoms with E-state index in [4.69, 9.17) is 9.72 Å². The fourth-order valence-electron chi connectivity index (χ4n) is 4.90. The van der Waals surface area contributed by atoms with Crippen LogP contribution in [0.25, 0.3) is 27.6 Å². The molecule has 1 amide bonds. The number of aromatic nitrogens is 5. The number of carbonyl (C=O) groups excluding carboxylic acids is 1. The number of hydrogen-bond acceptors (Lipinski definition) is 7. The monoisotopic (exact) mass is 553 g/mol. The van der Waals surface area contributed by atoms with Crippen LogP contribution in [0.4, 0.5) is 10.3 Å². The summed E-state index contributed by atoms with van der Waals surface area (Å²) < 4.78 is 22.2. The zero-order valence-corrected chi connectivity index (χ0v) is 21.3. The molecule has 3 aromatic heterocycles. The van der Waals surface area contributed by atoms with Gasteiger partial charge in [-0.1, -0.05) is 13.0 Å². The average molecular weight is 554 g/mol. The van der Waals surface area contributed by atoms with Gasteiger partial charge in [0, 0.05) is 47.8 Å². The molecule has 9 nitrogen and oxygen atoms in total. The van der Waals surface area contributed by atoms with Gasteiger partial charge in [0.15, 0.2) is 11.5 Å². The van der Waals surface area contributed by atoms with Crippen molar-refractivity contribution in [2.75, 3.05) is 25.1 Å². The van der Waals surface area contributed by atoms with Crippen LogP contribution in [0, 0.1) is 17.2 Å². The van der Waals surface area contributed by atoms with Gasteiger partial charge in [-0.15, -0.1) is 0 Å². The molecule has 2 aliphatic rings. The summed E-state index contributed by atoms with van der Waals surface area (Å²) in [5.74, 6) is 0.0805. The zero-order chi connectivity index (χ0) is 24.9. The molecule has 0 radical (unpaired) electrons. The number of amides is 1. The number of nitrogens with zero attached hydrogens (tertiary/aromatic N) is 5. The molecule has 6 rings (SSSR count). The Labute approximate surface area is 215 Å². The first-order valence-corrected chi connectivity index (χ1v) is 12.8. The van der Waals surface area contributed by atoms with Crippen LogP contribution < -0.4 is 10.6 Å². The Balaban J connectivity index is 1.20. The first kappa shape index (κ1) is 23.2. The lowest BCUT2D eigenvalue weighted by atomic mass is 9.88. The topological polar surface area (TPSA) is 107 Å². The highest BCUT2D eigenvalue weighted by Crippen LogP contribution is 2.31. The highest BCUT2D eigenvalue weighted by Gasteiger charge is 2.36. The number of fused-ring (bicyclic) bond motifs is 2. The Bertz CT molecular complexity index is 1470. The predicted octanol–water partition coefficient (Wildman–Crippen LogP) is 4.00. The maximum atomic E-state index is 14.7. The molecule has 1 aromatic carbocycles. The van der Waals surface area contributed by atoms with Crippen LogP contribution in [-0.4, -0.2) is 56.4 Å². The number of pyridine rings is 1. The average Bonchev–Trinajstić information content (AvgIpc) is 3.46. The van der Waals surface area contributed by atoms with Gasteiger partial charge in [0.2, 0.25) is 11.9 Å². The number of anilines is 1. The summed E-state index contributed by atoms with van der Waals surface area (Å²) in [7, 11) is 0. The fourth-order valence-corrected chi connectivity index (χ4v) is 5.34. The van der Waals surface area contributed by atoms with E-state index in [1.807, 2.05) is 12.1 Å². The lowest BCUT2D eigenvalue weighted by molar-refractivity contribution is -0.130. The van der Waals surface area contributed by atoms with Gasteiger partial charge in [-0.2, -0.15) is 10.1 Å². The standard InChI is InChI=1S/C25H25BrFN7O2/c1-25(12-36-13-25)11-30-23(35)15-4-5-16(7-15)31-24-29-10-18-21(26)33-34(22(18)32-24)17-8-14-3-2-6-28-20(14)19(27)9-17/h2-3,6,8-10,15-16H,4-5,7,11-13H2,1H3,(H,30,35)(H,29,31,32)/t15-,16-/m1/s1. The van der Waals surface area contributed by atoms with Crippen LogP contribution >= 0.6 is 15.9 Å². The first-order valence-electron chi connectivity index (χ1n) is 12.0. The van der Waals surface area contributed by atoms with Crippen molar-refractivity contribution >= 4 is 49.7 Å². The van der Waals surface area contributed by atoms with E-state index >= 15 is 0 Å². The van der Waals surface area contributed by atoms with Gasteiger partial charge in [-0.25, -0.2) is 14.1 Å². The molecule has 2 fully saturated rings. The molecule has 1 saturated carbocycles. The Hall–Kier alpha value is -3.18. The number of carbonyl (C=O) groups is 1. The summed E-state index contributed by atoms with van der Waals surface area (Å²) in [5, 5.41) is 12.4. The third-order valence-electron chi connectivity index (χ3n) is 6.99. The molecule has 1 aliphatic heterocycles. The highest BCUT2D eigenvalue weighted by atomic mass is 79.9. The summed E-state index contributed by atoms with van der Waals surface area (Å²) in [5.41, 5.74) is 1.45. The first-order chi connectivity index (χ1) is 17.4. The van der Waals surface area contributed by atoms with Crippen molar-refractivity contribution in [3.05, 3.63) is 47.1 Å². The van der Waals surface area contributed by atoms with Crippen LogP contribution in [0.3, 0.4) is 0 Å². The Morgan fingerprint density at radius 3 is 2.97 bits per heavy atom. The van der Waals surface area contributed by atoms with E-state index in [0.29, 0.717) is 64.4 Å². The lowest BCUT2D eigenvalue weighted by Crippen LogP contribution is -2.49. The summed E-state index contributed by atoms with van der Waals surface area (Å²) in [6, 6.07) is 6.90. The molecule has 0 bridgehead atoms. The van der Waals surface area contributed by atoms with Gasteiger partial charge >= 0.3 is 0 Å². The molecule has 0 spiro atoms. The van der Waals surface area contributed by atoms with E-state index in [-0.39, 0.29) is 23.3 Å². The van der Waals surface area contributed by atoms with Crippen LogP contribution in [-0.2, 0) is 9.53 Å². The van der Waals surface area contributed by atoms with Crippen molar-refractivity contribution in [2.45, 2.75) is 32.2 Å². The van der Waals surface area contributed by atoms with E-state index in [1.54, 1.807) is 23.1 Å². The number of halogens is 2. The second-order valence-electron chi connectivity index (χ2n) is 10.0. The number of hydrogen-bond donors (Lipinski definition) is 2. The second-order valence-corrected chi connectivity index (χ2v) is 10.8. The summed E-state index contributed by atoms with van der Waals surface area (Å²) in [6.45, 7) is 4.15. The van der Waals surface area contributed by atoms with Crippen LogP contribution in [0.1, 0.15) is 26.2 Å². The molecule has 1 saturated heterocycles. The Kier molecular flexibility index (Phi) is 5.83. The van der Waals surface area contributed by atoms with Gasteiger partial charge in [-0.05, 0) is 47.3 Å². The minimum atomic E-state index is -0.427. The summed E-state index contributed by atoms with van der Waals surface area (Å²) in [4.78, 5) is 25.9. The van der Waals surface area contributed by atoms with Crippen LogP contribution in [0.2, 0.25) is 0 Å². The Morgan fingerprint density at radius 2 is 2.17 bits per heavy atom. The summed E-state index contributed by atoms with van der Waals surface area (Å²) >= 11 is 3.47. The van der Waals surface area contributed by atoms with Crippen molar-refractivity contribution in [2.24, 2.45) is 11.3 Å². The highest BCUT2D eigenvalue weighted by molar-refractivity contribution is 9.10. The molecular weight excluding hydrogens is 529 g/mol. The Morgan fingerprint density at radius 1 is 1.31 bits per heavy atom.